The smallest absolute Gasteiger partial charge is 0.378 e. The van der Waals surface area contributed by atoms with Crippen molar-refractivity contribution in [1.82, 2.24) is 9.88 Å². The van der Waals surface area contributed by atoms with E-state index >= 15 is 0 Å². The minimum absolute atomic E-state index is 0.120. The summed E-state index contributed by atoms with van der Waals surface area (Å²) in [5.74, 6) is -0.895. The Labute approximate surface area is 175 Å². The third-order valence-electron chi connectivity index (χ3n) is 5.08. The first-order valence-electron chi connectivity index (χ1n) is 9.69. The van der Waals surface area contributed by atoms with Gasteiger partial charge in [-0.1, -0.05) is 24.3 Å². The van der Waals surface area contributed by atoms with Crippen molar-refractivity contribution in [1.29, 1.82) is 0 Å². The summed E-state index contributed by atoms with van der Waals surface area (Å²) in [4.78, 5) is 19.2. The number of benzene rings is 2. The van der Waals surface area contributed by atoms with E-state index in [9.17, 15) is 22.4 Å². The Morgan fingerprint density at radius 3 is 2.58 bits per heavy atom. The number of hydrogen-bond acceptors (Lipinski definition) is 4. The monoisotopic (exact) mass is 433 g/mol. The van der Waals surface area contributed by atoms with Crippen LogP contribution in [0.5, 0.6) is 0 Å². The lowest BCUT2D eigenvalue weighted by molar-refractivity contribution is -0.138. The molecule has 0 bridgehead atoms. The zero-order valence-corrected chi connectivity index (χ0v) is 16.4. The molecule has 0 aliphatic carbocycles. The molecule has 1 fully saturated rings. The number of rotatable bonds is 4. The molecule has 1 aliphatic heterocycles. The fourth-order valence-corrected chi connectivity index (χ4v) is 3.53. The Kier molecular flexibility index (Phi) is 5.77. The number of carbonyl (C=O) groups is 1. The van der Waals surface area contributed by atoms with Gasteiger partial charge in [0.05, 0.1) is 29.9 Å². The first kappa shape index (κ1) is 21.0. The minimum atomic E-state index is -4.69. The Morgan fingerprint density at radius 2 is 1.84 bits per heavy atom. The molecule has 3 aromatic rings. The van der Waals surface area contributed by atoms with Crippen molar-refractivity contribution in [2.75, 3.05) is 31.6 Å². The summed E-state index contributed by atoms with van der Waals surface area (Å²) < 4.78 is 58.4. The van der Waals surface area contributed by atoms with Crippen molar-refractivity contribution in [2.24, 2.45) is 0 Å². The maximum absolute atomic E-state index is 13.4. The lowest BCUT2D eigenvalue weighted by Gasteiger charge is -2.27. The lowest BCUT2D eigenvalue weighted by Crippen LogP contribution is -2.40. The van der Waals surface area contributed by atoms with Crippen molar-refractivity contribution in [3.63, 3.8) is 0 Å². The number of alkyl halides is 3. The molecule has 1 aliphatic rings. The highest BCUT2D eigenvalue weighted by atomic mass is 19.4. The van der Waals surface area contributed by atoms with Crippen LogP contribution in [-0.4, -0.2) is 42.1 Å². The number of nitrogens with zero attached hydrogens (tertiary/aromatic N) is 2. The van der Waals surface area contributed by atoms with Gasteiger partial charge in [0.2, 0.25) is 0 Å². The number of hydrogen-bond donors (Lipinski definition) is 1. The maximum Gasteiger partial charge on any atom is 0.416 e. The summed E-state index contributed by atoms with van der Waals surface area (Å²) in [5.41, 5.74) is -0.222. The van der Waals surface area contributed by atoms with Crippen LogP contribution in [0.15, 0.2) is 48.5 Å². The standard InChI is InChI=1S/C22H19F4N3O2/c23-15-6-5-14(18(11-15)22(24,25)26)13-27-20-12-17(16-3-1-2-4-19(16)28-20)21(30)29-7-9-31-10-8-29/h1-6,11-12H,7-10,13H2,(H,27,28). The molecule has 2 heterocycles. The van der Waals surface area contributed by atoms with Crippen molar-refractivity contribution in [3.05, 3.63) is 71.0 Å². The van der Waals surface area contributed by atoms with Crippen LogP contribution < -0.4 is 5.32 Å². The second kappa shape index (κ2) is 8.50. The first-order chi connectivity index (χ1) is 14.8. The second-order valence-corrected chi connectivity index (χ2v) is 7.13. The lowest BCUT2D eigenvalue weighted by atomic mass is 10.1. The van der Waals surface area contributed by atoms with Gasteiger partial charge in [-0.05, 0) is 29.8 Å². The Balaban J connectivity index is 1.66. The molecular weight excluding hydrogens is 414 g/mol. The van der Waals surface area contributed by atoms with E-state index in [1.165, 1.54) is 6.07 Å². The number of amides is 1. The Morgan fingerprint density at radius 1 is 1.10 bits per heavy atom. The number of carbonyl (C=O) groups excluding carboxylic acids is 1. The number of fused-ring (bicyclic) bond motifs is 1. The van der Waals surface area contributed by atoms with E-state index in [4.69, 9.17) is 4.74 Å². The van der Waals surface area contributed by atoms with E-state index in [2.05, 4.69) is 10.3 Å². The van der Waals surface area contributed by atoms with Gasteiger partial charge in [0.25, 0.3) is 5.91 Å². The van der Waals surface area contributed by atoms with Crippen LogP contribution in [0.1, 0.15) is 21.5 Å². The number of aromatic nitrogens is 1. The second-order valence-electron chi connectivity index (χ2n) is 7.13. The van der Waals surface area contributed by atoms with Gasteiger partial charge in [0, 0.05) is 25.0 Å². The molecule has 0 radical (unpaired) electrons. The molecule has 0 spiro atoms. The Hall–Kier alpha value is -3.20. The number of nitrogens with one attached hydrogen (secondary N) is 1. The van der Waals surface area contributed by atoms with Gasteiger partial charge < -0.3 is 15.0 Å². The molecule has 2 aromatic carbocycles. The highest BCUT2D eigenvalue weighted by molar-refractivity contribution is 6.07. The van der Waals surface area contributed by atoms with Gasteiger partial charge in [0.15, 0.2) is 0 Å². The molecule has 0 saturated carbocycles. The van der Waals surface area contributed by atoms with Crippen LogP contribution in [0, 0.1) is 5.82 Å². The highest BCUT2D eigenvalue weighted by Gasteiger charge is 2.33. The van der Waals surface area contributed by atoms with E-state index in [0.717, 1.165) is 12.1 Å². The summed E-state index contributed by atoms with van der Waals surface area (Å²) in [5, 5.41) is 3.51. The summed E-state index contributed by atoms with van der Waals surface area (Å²) in [6, 6.07) is 11.1. The molecule has 0 atom stereocenters. The molecule has 0 unspecified atom stereocenters. The van der Waals surface area contributed by atoms with Gasteiger partial charge in [0.1, 0.15) is 11.6 Å². The maximum atomic E-state index is 13.4. The fourth-order valence-electron chi connectivity index (χ4n) is 3.53. The molecule has 1 aromatic heterocycles. The molecule has 1 saturated heterocycles. The largest absolute Gasteiger partial charge is 0.416 e. The van der Waals surface area contributed by atoms with Crippen molar-refractivity contribution >= 4 is 22.6 Å². The SMILES string of the molecule is O=C(c1cc(NCc2ccc(F)cc2C(F)(F)F)nc2ccccc12)N1CCOCC1. The van der Waals surface area contributed by atoms with E-state index in [-0.39, 0.29) is 23.8 Å². The van der Waals surface area contributed by atoms with Crippen LogP contribution in [0.4, 0.5) is 23.4 Å². The molecule has 5 nitrogen and oxygen atoms in total. The van der Waals surface area contributed by atoms with E-state index in [0.29, 0.717) is 48.8 Å². The van der Waals surface area contributed by atoms with Crippen LogP contribution in [-0.2, 0) is 17.5 Å². The molecule has 31 heavy (non-hydrogen) atoms. The van der Waals surface area contributed by atoms with Gasteiger partial charge >= 0.3 is 6.18 Å². The van der Waals surface area contributed by atoms with Crippen LogP contribution in [0.25, 0.3) is 10.9 Å². The van der Waals surface area contributed by atoms with Crippen molar-refractivity contribution < 1.29 is 27.1 Å². The van der Waals surface area contributed by atoms with Crippen molar-refractivity contribution in [3.8, 4) is 0 Å². The zero-order valence-electron chi connectivity index (χ0n) is 16.4. The third-order valence-corrected chi connectivity index (χ3v) is 5.08. The number of pyridine rings is 1. The molecule has 1 N–H and O–H groups in total. The van der Waals surface area contributed by atoms with E-state index in [1.54, 1.807) is 29.2 Å². The number of halogens is 4. The van der Waals surface area contributed by atoms with Gasteiger partial charge in [-0.25, -0.2) is 9.37 Å². The minimum Gasteiger partial charge on any atom is -0.378 e. The summed E-state index contributed by atoms with van der Waals surface area (Å²) in [6.07, 6.45) is -4.69. The zero-order chi connectivity index (χ0) is 22.0. The van der Waals surface area contributed by atoms with Crippen molar-refractivity contribution in [2.45, 2.75) is 12.7 Å². The highest BCUT2D eigenvalue weighted by Crippen LogP contribution is 2.33. The molecular formula is C22H19F4N3O2. The summed E-state index contributed by atoms with van der Waals surface area (Å²) >= 11 is 0. The topological polar surface area (TPSA) is 54.5 Å². The third kappa shape index (κ3) is 4.61. The summed E-state index contributed by atoms with van der Waals surface area (Å²) in [6.45, 7) is 1.59. The number of ether oxygens (including phenoxy) is 1. The Bertz CT molecular complexity index is 1110. The molecule has 162 valence electrons. The van der Waals surface area contributed by atoms with E-state index < -0.39 is 17.6 Å². The molecule has 4 rings (SSSR count). The number of anilines is 1. The van der Waals surface area contributed by atoms with Crippen LogP contribution in [0.3, 0.4) is 0 Å². The predicted molar refractivity (Wildman–Crippen MR) is 107 cm³/mol. The fraction of sp³-hybridized carbons (Fsp3) is 0.273. The number of morpholine rings is 1. The van der Waals surface area contributed by atoms with Gasteiger partial charge in [-0.15, -0.1) is 0 Å². The first-order valence-corrected chi connectivity index (χ1v) is 9.69. The molecule has 1 amide bonds. The average Bonchev–Trinajstić information content (AvgIpc) is 2.77. The summed E-state index contributed by atoms with van der Waals surface area (Å²) in [7, 11) is 0. The average molecular weight is 433 g/mol. The molecule has 9 heteroatoms. The van der Waals surface area contributed by atoms with Crippen LogP contribution in [0.2, 0.25) is 0 Å². The number of para-hydroxylation sites is 1. The quantitative estimate of drug-likeness (QED) is 0.617. The van der Waals surface area contributed by atoms with Gasteiger partial charge in [-0.2, -0.15) is 13.2 Å². The van der Waals surface area contributed by atoms with Crippen LogP contribution >= 0.6 is 0 Å². The van der Waals surface area contributed by atoms with E-state index in [1.807, 2.05) is 0 Å². The normalized spacial score (nSPS) is 14.6. The van der Waals surface area contributed by atoms with Gasteiger partial charge in [-0.3, -0.25) is 4.79 Å². The predicted octanol–water partition coefficient (Wildman–Crippen LogP) is 4.48.